The van der Waals surface area contributed by atoms with Gasteiger partial charge in [0.25, 0.3) is 0 Å². The number of amides is 1. The first kappa shape index (κ1) is 20.3. The molecule has 2 aromatic heterocycles. The van der Waals surface area contributed by atoms with Gasteiger partial charge in [-0.1, -0.05) is 42.1 Å². The molecule has 160 valence electrons. The van der Waals surface area contributed by atoms with Crippen LogP contribution in [0.4, 0.5) is 5.69 Å². The number of rotatable bonds is 7. The first-order valence-corrected chi connectivity index (χ1v) is 11.2. The van der Waals surface area contributed by atoms with Crippen molar-refractivity contribution in [3.8, 4) is 11.6 Å². The summed E-state index contributed by atoms with van der Waals surface area (Å²) in [6, 6.07) is 19.0. The van der Waals surface area contributed by atoms with Crippen molar-refractivity contribution in [3.05, 3.63) is 83.6 Å². The van der Waals surface area contributed by atoms with Gasteiger partial charge in [0.05, 0.1) is 24.5 Å². The molecule has 1 aliphatic heterocycles. The molecule has 8 heteroatoms. The van der Waals surface area contributed by atoms with E-state index in [9.17, 15) is 9.59 Å². The van der Waals surface area contributed by atoms with Crippen molar-refractivity contribution >= 4 is 29.1 Å². The monoisotopic (exact) mass is 444 g/mol. The largest absolute Gasteiger partial charge is 0.461 e. The lowest BCUT2D eigenvalue weighted by Gasteiger charge is -2.09. The third-order valence-corrected chi connectivity index (χ3v) is 6.43. The number of carbonyl (C=O) groups is 2. The molecule has 3 heterocycles. The van der Waals surface area contributed by atoms with E-state index in [4.69, 9.17) is 4.42 Å². The Hall–Kier alpha value is -3.65. The molecule has 1 atom stereocenters. The van der Waals surface area contributed by atoms with E-state index < -0.39 is 0 Å². The maximum absolute atomic E-state index is 12.9. The van der Waals surface area contributed by atoms with Gasteiger partial charge in [-0.25, -0.2) is 0 Å². The summed E-state index contributed by atoms with van der Waals surface area (Å²) in [4.78, 5) is 24.8. The molecule has 1 amide bonds. The molecule has 0 aliphatic carbocycles. The van der Waals surface area contributed by atoms with Gasteiger partial charge in [0.15, 0.2) is 16.7 Å². The highest BCUT2D eigenvalue weighted by atomic mass is 32.2. The number of Topliss-reactive ketones (excluding diaryl/α,β-unsaturated/α-hetero) is 1. The first-order valence-electron chi connectivity index (χ1n) is 10.2. The number of hydrogen-bond donors (Lipinski definition) is 1. The molecule has 2 aromatic carbocycles. The number of thioether (sulfide) groups is 1. The van der Waals surface area contributed by atoms with Gasteiger partial charge < -0.3 is 9.73 Å². The van der Waals surface area contributed by atoms with Gasteiger partial charge in [-0.2, -0.15) is 0 Å². The smallest absolute Gasteiger partial charge is 0.231 e. The number of hydrogen-bond acceptors (Lipinski definition) is 6. The van der Waals surface area contributed by atoms with Crippen molar-refractivity contribution in [2.75, 3.05) is 11.1 Å². The number of fused-ring (bicyclic) bond motifs is 1. The van der Waals surface area contributed by atoms with Crippen LogP contribution in [0.25, 0.3) is 11.6 Å². The van der Waals surface area contributed by atoms with E-state index in [1.165, 1.54) is 11.8 Å². The molecule has 4 aromatic rings. The Kier molecular flexibility index (Phi) is 5.36. The van der Waals surface area contributed by atoms with Gasteiger partial charge >= 0.3 is 0 Å². The second-order valence-electron chi connectivity index (χ2n) is 7.58. The number of nitrogens with one attached hydrogen (secondary N) is 1. The van der Waals surface area contributed by atoms with E-state index in [0.29, 0.717) is 28.8 Å². The zero-order chi connectivity index (χ0) is 22.1. The minimum Gasteiger partial charge on any atom is -0.461 e. The normalized spacial score (nSPS) is 14.9. The van der Waals surface area contributed by atoms with Gasteiger partial charge in [-0.05, 0) is 48.4 Å². The van der Waals surface area contributed by atoms with Crippen LogP contribution in [0.2, 0.25) is 0 Å². The van der Waals surface area contributed by atoms with E-state index in [1.54, 1.807) is 18.4 Å². The standard InChI is InChI=1S/C24H20N4O3S/c1-15-18-12-17(9-10-19(18)25-23(15)30)20(29)14-32-24-27-26-22(21-8-5-11-31-21)28(24)13-16-6-3-2-4-7-16/h2-12,15H,13-14H2,1H3,(H,25,30). The number of ketones is 1. The van der Waals surface area contributed by atoms with E-state index in [0.717, 1.165) is 16.8 Å². The minimum absolute atomic E-state index is 0.0295. The number of aromatic nitrogens is 3. The van der Waals surface area contributed by atoms with E-state index >= 15 is 0 Å². The summed E-state index contributed by atoms with van der Waals surface area (Å²) in [6.07, 6.45) is 1.60. The van der Waals surface area contributed by atoms with Crippen LogP contribution in [0.3, 0.4) is 0 Å². The van der Waals surface area contributed by atoms with Crippen molar-refractivity contribution in [2.45, 2.75) is 24.5 Å². The quantitative estimate of drug-likeness (QED) is 0.331. The summed E-state index contributed by atoms with van der Waals surface area (Å²) in [7, 11) is 0. The molecule has 1 N–H and O–H groups in total. The predicted molar refractivity (Wildman–Crippen MR) is 122 cm³/mol. The Bertz CT molecular complexity index is 1280. The van der Waals surface area contributed by atoms with Crippen molar-refractivity contribution in [1.82, 2.24) is 14.8 Å². The summed E-state index contributed by atoms with van der Waals surface area (Å²) < 4.78 is 7.49. The summed E-state index contributed by atoms with van der Waals surface area (Å²) in [5.74, 6) is 1.12. The SMILES string of the molecule is CC1C(=O)Nc2ccc(C(=O)CSc3nnc(-c4ccco4)n3Cc3ccccc3)cc21. The summed E-state index contributed by atoms with van der Waals surface area (Å²) in [6.45, 7) is 2.40. The summed E-state index contributed by atoms with van der Waals surface area (Å²) in [5.41, 5.74) is 3.31. The van der Waals surface area contributed by atoms with E-state index in [-0.39, 0.29) is 23.4 Å². The van der Waals surface area contributed by atoms with Crippen LogP contribution < -0.4 is 5.32 Å². The fourth-order valence-electron chi connectivity index (χ4n) is 3.70. The third-order valence-electron chi connectivity index (χ3n) is 5.47. The molecule has 32 heavy (non-hydrogen) atoms. The maximum atomic E-state index is 12.9. The van der Waals surface area contributed by atoms with Gasteiger partial charge in [0.2, 0.25) is 11.7 Å². The number of carbonyl (C=O) groups excluding carboxylic acids is 2. The molecule has 1 unspecified atom stereocenters. The lowest BCUT2D eigenvalue weighted by molar-refractivity contribution is -0.116. The molecule has 5 rings (SSSR count). The summed E-state index contributed by atoms with van der Waals surface area (Å²) in [5, 5.41) is 12.1. The van der Waals surface area contributed by atoms with Gasteiger partial charge in [0, 0.05) is 11.3 Å². The molecule has 1 aliphatic rings. The second-order valence-corrected chi connectivity index (χ2v) is 8.52. The van der Waals surface area contributed by atoms with Crippen LogP contribution >= 0.6 is 11.8 Å². The van der Waals surface area contributed by atoms with Crippen molar-refractivity contribution < 1.29 is 14.0 Å². The molecule has 0 saturated heterocycles. The van der Waals surface area contributed by atoms with Crippen molar-refractivity contribution in [1.29, 1.82) is 0 Å². The van der Waals surface area contributed by atoms with Crippen molar-refractivity contribution in [2.24, 2.45) is 0 Å². The zero-order valence-corrected chi connectivity index (χ0v) is 18.1. The number of anilines is 1. The number of benzene rings is 2. The Balaban J connectivity index is 1.38. The molecular formula is C24H20N4O3S. The molecule has 0 radical (unpaired) electrons. The number of furan rings is 1. The maximum Gasteiger partial charge on any atom is 0.231 e. The fourth-order valence-corrected chi connectivity index (χ4v) is 4.53. The molecule has 0 spiro atoms. The highest BCUT2D eigenvalue weighted by Gasteiger charge is 2.27. The molecule has 7 nitrogen and oxygen atoms in total. The average molecular weight is 445 g/mol. The Morgan fingerprint density at radius 1 is 1.12 bits per heavy atom. The third kappa shape index (κ3) is 3.85. The van der Waals surface area contributed by atoms with Gasteiger partial charge in [-0.15, -0.1) is 10.2 Å². The van der Waals surface area contributed by atoms with Crippen LogP contribution in [0.5, 0.6) is 0 Å². The van der Waals surface area contributed by atoms with Crippen LogP contribution in [0.1, 0.15) is 34.3 Å². The lowest BCUT2D eigenvalue weighted by atomic mass is 9.99. The summed E-state index contributed by atoms with van der Waals surface area (Å²) >= 11 is 1.34. The van der Waals surface area contributed by atoms with Crippen LogP contribution in [-0.2, 0) is 11.3 Å². The second kappa shape index (κ2) is 8.47. The number of nitrogens with zero attached hydrogens (tertiary/aromatic N) is 3. The Morgan fingerprint density at radius 2 is 1.97 bits per heavy atom. The van der Waals surface area contributed by atoms with Crippen molar-refractivity contribution in [3.63, 3.8) is 0 Å². The van der Waals surface area contributed by atoms with Crippen LogP contribution in [0.15, 0.2) is 76.5 Å². The highest BCUT2D eigenvalue weighted by Crippen LogP contribution is 2.33. The van der Waals surface area contributed by atoms with E-state index in [1.807, 2.05) is 60.0 Å². The molecular weight excluding hydrogens is 424 g/mol. The molecule has 0 bridgehead atoms. The Labute approximate surface area is 188 Å². The lowest BCUT2D eigenvalue weighted by Crippen LogP contribution is -2.08. The highest BCUT2D eigenvalue weighted by molar-refractivity contribution is 7.99. The Morgan fingerprint density at radius 3 is 2.75 bits per heavy atom. The van der Waals surface area contributed by atoms with E-state index in [2.05, 4.69) is 15.5 Å². The molecule has 0 fully saturated rings. The topological polar surface area (TPSA) is 90.0 Å². The first-order chi connectivity index (χ1) is 15.6. The molecule has 0 saturated carbocycles. The van der Waals surface area contributed by atoms with Crippen LogP contribution in [0, 0.1) is 0 Å². The zero-order valence-electron chi connectivity index (χ0n) is 17.3. The van der Waals surface area contributed by atoms with Gasteiger partial charge in [-0.3, -0.25) is 14.2 Å². The predicted octanol–water partition coefficient (Wildman–Crippen LogP) is 4.62. The fraction of sp³-hybridized carbons (Fsp3) is 0.167. The van der Waals surface area contributed by atoms with Gasteiger partial charge in [0.1, 0.15) is 0 Å². The average Bonchev–Trinajstić information content (AvgIpc) is 3.53. The van der Waals surface area contributed by atoms with Crippen LogP contribution in [-0.4, -0.2) is 32.2 Å². The minimum atomic E-state index is -0.254.